The lowest BCUT2D eigenvalue weighted by Gasteiger charge is -2.20. The highest BCUT2D eigenvalue weighted by molar-refractivity contribution is 7.49. The fourth-order valence-electron chi connectivity index (χ4n) is 5.98. The van der Waals surface area contributed by atoms with Crippen LogP contribution in [0.4, 0.5) is 0 Å². The van der Waals surface area contributed by atoms with Crippen LogP contribution in [0, 0.1) is 0 Å². The first-order chi connectivity index (χ1) is 21.7. The second-order valence-electron chi connectivity index (χ2n) is 13.4. The van der Waals surface area contributed by atoms with Crippen LogP contribution in [0.5, 0.6) is 0 Å². The van der Waals surface area contributed by atoms with E-state index in [1.54, 1.807) is 0 Å². The quantitative estimate of drug-likeness (QED) is 0.0303. The van der Waals surface area contributed by atoms with Crippen molar-refractivity contribution in [3.05, 3.63) is 0 Å². The number of unbranched alkanes of at least 4 members (excludes halogenated alkanes) is 24. The molecule has 8 heteroatoms. The van der Waals surface area contributed by atoms with Crippen LogP contribution in [0.3, 0.4) is 0 Å². The predicted molar refractivity (Wildman–Crippen MR) is 187 cm³/mol. The lowest BCUT2D eigenvalue weighted by molar-refractivity contribution is -0.148. The maximum atomic E-state index is 13.2. The highest BCUT2D eigenvalue weighted by Crippen LogP contribution is 2.41. The Kier molecular flexibility index (Phi) is 30.1. The van der Waals surface area contributed by atoms with Crippen molar-refractivity contribution < 1.29 is 34.6 Å². The van der Waals surface area contributed by atoms with Gasteiger partial charge in [0.15, 0.2) is 6.16 Å². The summed E-state index contributed by atoms with van der Waals surface area (Å²) in [5.41, 5.74) is 0. The van der Waals surface area contributed by atoms with Gasteiger partial charge in [-0.1, -0.05) is 179 Å². The first-order valence-corrected chi connectivity index (χ1v) is 20.4. The molecule has 0 aliphatic carbocycles. The van der Waals surface area contributed by atoms with Crippen molar-refractivity contribution in [3.63, 3.8) is 0 Å². The van der Waals surface area contributed by atoms with Gasteiger partial charge < -0.3 is 20.4 Å². The van der Waals surface area contributed by atoms with E-state index in [-0.39, 0.29) is 12.8 Å². The molecule has 0 rings (SSSR count). The molecule has 4 N–H and O–H groups in total. The Bertz CT molecular complexity index is 732. The summed E-state index contributed by atoms with van der Waals surface area (Å²) in [6.07, 6.45) is 26.3. The largest absolute Gasteiger partial charge is 0.394 e. The van der Waals surface area contributed by atoms with Crippen LogP contribution in [0.25, 0.3) is 0 Å². The van der Waals surface area contributed by atoms with Crippen LogP contribution < -0.4 is 0 Å². The van der Waals surface area contributed by atoms with Gasteiger partial charge in [-0.15, -0.1) is 0 Å². The molecule has 0 amide bonds. The van der Waals surface area contributed by atoms with Gasteiger partial charge in [-0.25, -0.2) is 0 Å². The average molecular weight is 660 g/mol. The minimum atomic E-state index is -2.92. The molecule has 0 aromatic heterocycles. The number of carbonyl (C=O) groups excluding carboxylic acids is 2. The first kappa shape index (κ1) is 44.3. The maximum absolute atomic E-state index is 13.2. The molecule has 4 atom stereocenters. The van der Waals surface area contributed by atoms with Crippen molar-refractivity contribution in [2.75, 3.05) is 12.8 Å². The van der Waals surface area contributed by atoms with Crippen molar-refractivity contribution in [1.29, 1.82) is 0 Å². The van der Waals surface area contributed by atoms with Gasteiger partial charge in [0.25, 0.3) is 5.78 Å². The summed E-state index contributed by atoms with van der Waals surface area (Å²) in [7, 11) is -2.92. The molecule has 0 heterocycles. The van der Waals surface area contributed by atoms with E-state index in [4.69, 9.17) is 0 Å². The second-order valence-corrected chi connectivity index (χ2v) is 15.2. The predicted octanol–water partition coefficient (Wildman–Crippen LogP) is 9.32. The molecule has 0 radical (unpaired) electrons. The van der Waals surface area contributed by atoms with Crippen LogP contribution in [-0.2, 0) is 14.2 Å². The number of carbonyl (C=O) groups is 2. The Balaban J connectivity index is 4.45. The van der Waals surface area contributed by atoms with Gasteiger partial charge in [0.2, 0.25) is 5.78 Å². The fraction of sp³-hybridized carbons (Fsp3) is 0.946. The zero-order chi connectivity index (χ0) is 33.6. The molecular weight excluding hydrogens is 587 g/mol. The molecule has 0 spiro atoms. The van der Waals surface area contributed by atoms with Crippen molar-refractivity contribution in [2.45, 2.75) is 211 Å². The molecule has 0 aliphatic rings. The Morgan fingerprint density at radius 2 is 0.911 bits per heavy atom. The molecule has 0 aromatic carbocycles. The summed E-state index contributed by atoms with van der Waals surface area (Å²) in [6.45, 7) is 3.77. The normalized spacial score (nSPS) is 14.7. The number of aliphatic hydroxyl groups excluding tert-OH is 3. The number of hydrogen-bond donors (Lipinski definition) is 4. The van der Waals surface area contributed by atoms with Crippen molar-refractivity contribution in [3.8, 4) is 0 Å². The van der Waals surface area contributed by atoms with Crippen LogP contribution in [0.15, 0.2) is 0 Å². The molecule has 0 aliphatic heterocycles. The highest BCUT2D eigenvalue weighted by Gasteiger charge is 2.61. The molecule has 45 heavy (non-hydrogen) atoms. The Morgan fingerprint density at radius 1 is 0.578 bits per heavy atom. The van der Waals surface area contributed by atoms with Crippen molar-refractivity contribution in [2.24, 2.45) is 0 Å². The van der Waals surface area contributed by atoms with Gasteiger partial charge in [-0.3, -0.25) is 9.59 Å². The van der Waals surface area contributed by atoms with Gasteiger partial charge in [0.05, 0.1) is 6.61 Å². The number of rotatable bonds is 35. The van der Waals surface area contributed by atoms with E-state index in [0.29, 0.717) is 12.8 Å². The zero-order valence-corrected chi connectivity index (χ0v) is 30.2. The van der Waals surface area contributed by atoms with E-state index in [1.165, 1.54) is 109 Å². The molecule has 0 saturated carbocycles. The standard InChI is InChI=1S/C37H72O7P/c1-3-5-7-9-11-13-15-17-19-21-23-25-27-29-34(40)36(42)37(43,45(44)32-33(39)31-38)35(41)30-28-26-24-22-20-18-16-14-12-10-8-6-4-2/h33-34,38-40,43H,3-32H2,1-2H3/q+1. The number of Topliss-reactive ketones (excluding diaryl/α,β-unsaturated/α-hetero) is 2. The van der Waals surface area contributed by atoms with Crippen molar-refractivity contribution in [1.82, 2.24) is 0 Å². The summed E-state index contributed by atoms with van der Waals surface area (Å²) >= 11 is 0. The third-order valence-electron chi connectivity index (χ3n) is 9.07. The minimum absolute atomic E-state index is 0.0939. The van der Waals surface area contributed by atoms with Crippen LogP contribution >= 0.6 is 7.80 Å². The molecular formula is C37H72O7P+. The minimum Gasteiger partial charge on any atom is -0.394 e. The number of aliphatic hydroxyl groups is 4. The maximum Gasteiger partial charge on any atom is 0.393 e. The van der Waals surface area contributed by atoms with E-state index in [1.807, 2.05) is 0 Å². The Labute approximate surface area is 277 Å². The van der Waals surface area contributed by atoms with E-state index in [0.717, 1.165) is 44.9 Å². The number of hydrogen-bond acceptors (Lipinski definition) is 7. The van der Waals surface area contributed by atoms with E-state index < -0.39 is 49.7 Å². The molecule has 0 bridgehead atoms. The first-order valence-electron chi connectivity index (χ1n) is 19.0. The molecule has 0 saturated heterocycles. The van der Waals surface area contributed by atoms with Crippen LogP contribution in [0.2, 0.25) is 0 Å². The molecule has 266 valence electrons. The monoisotopic (exact) mass is 660 g/mol. The average Bonchev–Trinajstić information content (AvgIpc) is 3.04. The van der Waals surface area contributed by atoms with Crippen LogP contribution in [-0.4, -0.2) is 62.3 Å². The summed E-state index contributed by atoms with van der Waals surface area (Å²) in [5.74, 6) is -1.99. The Morgan fingerprint density at radius 3 is 1.27 bits per heavy atom. The SMILES string of the molecule is CCCCCCCCCCCCCCCC(=O)C(O)(C(=O)C(O)CCCCCCCCCCCCCCC)[P+](=O)CC(O)CO. The Hall–Kier alpha value is -0.720. The summed E-state index contributed by atoms with van der Waals surface area (Å²) < 4.78 is 13.0. The molecule has 0 fully saturated rings. The summed E-state index contributed by atoms with van der Waals surface area (Å²) in [5, 5.41) is 37.9. The number of ketones is 2. The zero-order valence-electron chi connectivity index (χ0n) is 29.3. The van der Waals surface area contributed by atoms with Gasteiger partial charge in [-0.2, -0.15) is 0 Å². The lowest BCUT2D eigenvalue weighted by atomic mass is 9.97. The van der Waals surface area contributed by atoms with Crippen molar-refractivity contribution >= 4 is 19.4 Å². The topological polar surface area (TPSA) is 132 Å². The van der Waals surface area contributed by atoms with Gasteiger partial charge >= 0.3 is 13.1 Å². The third-order valence-corrected chi connectivity index (χ3v) is 11.0. The fourth-order valence-corrected chi connectivity index (χ4v) is 7.52. The van der Waals surface area contributed by atoms with E-state index in [9.17, 15) is 34.6 Å². The van der Waals surface area contributed by atoms with Gasteiger partial charge in [0.1, 0.15) is 12.2 Å². The molecule has 7 nitrogen and oxygen atoms in total. The summed E-state index contributed by atoms with van der Waals surface area (Å²) in [6, 6.07) is 0. The smallest absolute Gasteiger partial charge is 0.393 e. The third kappa shape index (κ3) is 22.5. The molecule has 4 unspecified atom stereocenters. The summed E-state index contributed by atoms with van der Waals surface area (Å²) in [4.78, 5) is 26.3. The van der Waals surface area contributed by atoms with E-state index in [2.05, 4.69) is 13.8 Å². The van der Waals surface area contributed by atoms with Gasteiger partial charge in [-0.05, 0) is 12.8 Å². The second kappa shape index (κ2) is 30.6. The molecule has 0 aromatic rings. The van der Waals surface area contributed by atoms with Gasteiger partial charge in [0, 0.05) is 6.42 Å². The van der Waals surface area contributed by atoms with E-state index >= 15 is 0 Å². The van der Waals surface area contributed by atoms with Crippen LogP contribution in [0.1, 0.15) is 194 Å². The lowest BCUT2D eigenvalue weighted by Crippen LogP contribution is -2.49. The highest BCUT2D eigenvalue weighted by atomic mass is 31.1.